The Kier molecular flexibility index (Phi) is 5.73. The minimum atomic E-state index is -0.812. The normalized spacial score (nSPS) is 16.7. The van der Waals surface area contributed by atoms with Crippen molar-refractivity contribution in [2.75, 3.05) is 0 Å². The van der Waals surface area contributed by atoms with Gasteiger partial charge in [-0.05, 0) is 32.6 Å². The van der Waals surface area contributed by atoms with Gasteiger partial charge in [-0.3, -0.25) is 10.1 Å². The molecule has 0 spiro atoms. The van der Waals surface area contributed by atoms with Gasteiger partial charge < -0.3 is 10.3 Å². The van der Waals surface area contributed by atoms with Gasteiger partial charge in [-0.15, -0.1) is 0 Å². The molecule has 2 rings (SSSR count). The van der Waals surface area contributed by atoms with E-state index in [4.69, 9.17) is 5.73 Å². The number of imidazole rings is 1. The molecule has 0 unspecified atom stereocenters. The van der Waals surface area contributed by atoms with Crippen LogP contribution in [0.1, 0.15) is 57.0 Å². The molecule has 1 saturated carbocycles. The summed E-state index contributed by atoms with van der Waals surface area (Å²) >= 11 is 1.43. The van der Waals surface area contributed by atoms with Gasteiger partial charge in [-0.25, -0.2) is 9.78 Å². The zero-order valence-electron chi connectivity index (χ0n) is 14.3. The van der Waals surface area contributed by atoms with E-state index in [-0.39, 0.29) is 11.8 Å². The molecular formula is C16H26N4O2S. The average Bonchev–Trinajstić information content (AvgIpc) is 3.04. The van der Waals surface area contributed by atoms with E-state index in [0.717, 1.165) is 29.4 Å². The van der Waals surface area contributed by atoms with Gasteiger partial charge in [0.15, 0.2) is 5.16 Å². The summed E-state index contributed by atoms with van der Waals surface area (Å²) in [5.41, 5.74) is 7.24. The van der Waals surface area contributed by atoms with Crippen LogP contribution in [-0.4, -0.2) is 26.7 Å². The van der Waals surface area contributed by atoms with E-state index in [0.29, 0.717) is 6.04 Å². The number of rotatable bonds is 5. The number of aromatic nitrogens is 2. The fourth-order valence-electron chi connectivity index (χ4n) is 3.07. The summed E-state index contributed by atoms with van der Waals surface area (Å²) in [5, 5.41) is 2.66. The highest BCUT2D eigenvalue weighted by molar-refractivity contribution is 8.00. The van der Waals surface area contributed by atoms with Crippen LogP contribution in [0.5, 0.6) is 0 Å². The molecule has 0 radical (unpaired) electrons. The maximum absolute atomic E-state index is 12.3. The van der Waals surface area contributed by atoms with Gasteiger partial charge >= 0.3 is 6.03 Å². The van der Waals surface area contributed by atoms with Crippen LogP contribution >= 0.6 is 11.8 Å². The van der Waals surface area contributed by atoms with Crippen molar-refractivity contribution >= 4 is 23.7 Å². The van der Waals surface area contributed by atoms with Crippen LogP contribution in [0, 0.1) is 19.8 Å². The van der Waals surface area contributed by atoms with Crippen LogP contribution in [0.25, 0.3) is 0 Å². The molecule has 128 valence electrons. The van der Waals surface area contributed by atoms with Crippen molar-refractivity contribution in [3.05, 3.63) is 11.4 Å². The molecule has 1 aromatic heterocycles. The van der Waals surface area contributed by atoms with Crippen LogP contribution in [0.3, 0.4) is 0 Å². The van der Waals surface area contributed by atoms with E-state index in [1.54, 1.807) is 0 Å². The molecule has 1 atom stereocenters. The first-order valence-electron chi connectivity index (χ1n) is 8.13. The van der Waals surface area contributed by atoms with E-state index < -0.39 is 11.3 Å². The number of aryl methyl sites for hydroxylation is 1. The summed E-state index contributed by atoms with van der Waals surface area (Å²) in [5.74, 6) is -0.289. The number of hydrogen-bond acceptors (Lipinski definition) is 4. The zero-order valence-corrected chi connectivity index (χ0v) is 15.1. The lowest BCUT2D eigenvalue weighted by Crippen LogP contribution is -2.42. The van der Waals surface area contributed by atoms with Crippen molar-refractivity contribution in [1.82, 2.24) is 14.9 Å². The summed E-state index contributed by atoms with van der Waals surface area (Å²) < 4.78 is 2.28. The van der Waals surface area contributed by atoms with Crippen molar-refractivity contribution in [2.24, 2.45) is 11.7 Å². The molecule has 23 heavy (non-hydrogen) atoms. The smallest absolute Gasteiger partial charge is 0.318 e. The highest BCUT2D eigenvalue weighted by atomic mass is 32.2. The minimum Gasteiger partial charge on any atom is -0.351 e. The van der Waals surface area contributed by atoms with Crippen molar-refractivity contribution < 1.29 is 9.59 Å². The minimum absolute atomic E-state index is 0.0636. The van der Waals surface area contributed by atoms with Crippen LogP contribution < -0.4 is 11.1 Å². The number of amides is 3. The van der Waals surface area contributed by atoms with Crippen molar-refractivity contribution in [2.45, 2.75) is 69.8 Å². The Hall–Kier alpha value is -1.50. The topological polar surface area (TPSA) is 90.0 Å². The van der Waals surface area contributed by atoms with Gasteiger partial charge in [0.1, 0.15) is 0 Å². The molecule has 0 bridgehead atoms. The summed E-state index contributed by atoms with van der Waals surface area (Å²) in [7, 11) is 0. The SMILES string of the molecule is Cc1nc(S[C@@H](C(=O)NC(N)=O)C(C)C)n(C2CCCC2)c1C. The molecule has 1 aliphatic carbocycles. The Bertz CT molecular complexity index is 591. The van der Waals surface area contributed by atoms with Crippen LogP contribution in [0.4, 0.5) is 4.79 Å². The number of urea groups is 1. The third kappa shape index (κ3) is 4.07. The summed E-state index contributed by atoms with van der Waals surface area (Å²) in [4.78, 5) is 27.9. The first kappa shape index (κ1) is 17.8. The van der Waals surface area contributed by atoms with Gasteiger partial charge in [0.05, 0.1) is 10.9 Å². The monoisotopic (exact) mass is 338 g/mol. The fraction of sp³-hybridized carbons (Fsp3) is 0.688. The largest absolute Gasteiger partial charge is 0.351 e. The van der Waals surface area contributed by atoms with Gasteiger partial charge in [0, 0.05) is 11.7 Å². The standard InChI is InChI=1S/C16H26N4O2S/c1-9(2)13(14(21)19-15(17)22)23-16-18-10(3)11(4)20(16)12-7-5-6-8-12/h9,12-13H,5-8H2,1-4H3,(H3,17,19,21,22)/t13-/m1/s1. The molecule has 1 aliphatic rings. The molecule has 0 aliphatic heterocycles. The number of hydrogen-bond donors (Lipinski definition) is 2. The maximum Gasteiger partial charge on any atom is 0.318 e. The van der Waals surface area contributed by atoms with Gasteiger partial charge in [-0.1, -0.05) is 38.5 Å². The fourth-order valence-corrected chi connectivity index (χ4v) is 4.32. The predicted octanol–water partition coefficient (Wildman–Crippen LogP) is 2.93. The molecule has 1 heterocycles. The van der Waals surface area contributed by atoms with Gasteiger partial charge in [-0.2, -0.15) is 0 Å². The number of imide groups is 1. The molecule has 3 N–H and O–H groups in total. The number of primary amides is 1. The van der Waals surface area contributed by atoms with E-state index in [1.165, 1.54) is 24.6 Å². The second-order valence-corrected chi connectivity index (χ2v) is 7.62. The lowest BCUT2D eigenvalue weighted by molar-refractivity contribution is -0.120. The third-order valence-electron chi connectivity index (χ3n) is 4.39. The summed E-state index contributed by atoms with van der Waals surface area (Å²) in [6.45, 7) is 8.00. The van der Waals surface area contributed by atoms with E-state index >= 15 is 0 Å². The highest BCUT2D eigenvalue weighted by Gasteiger charge is 2.29. The van der Waals surface area contributed by atoms with Gasteiger partial charge in [0.25, 0.3) is 0 Å². The molecule has 1 aromatic rings. The molecule has 0 aromatic carbocycles. The van der Waals surface area contributed by atoms with Crippen molar-refractivity contribution in [3.8, 4) is 0 Å². The Labute approximate surface area is 141 Å². The van der Waals surface area contributed by atoms with E-state index in [2.05, 4.69) is 21.8 Å². The van der Waals surface area contributed by atoms with Crippen LogP contribution in [-0.2, 0) is 4.79 Å². The molecule has 7 heteroatoms. The average molecular weight is 338 g/mol. The second kappa shape index (κ2) is 7.38. The van der Waals surface area contributed by atoms with Gasteiger partial charge in [0.2, 0.25) is 5.91 Å². The predicted molar refractivity (Wildman–Crippen MR) is 91.4 cm³/mol. The van der Waals surface area contributed by atoms with Crippen LogP contribution in [0.2, 0.25) is 0 Å². The lowest BCUT2D eigenvalue weighted by atomic mass is 10.1. The second-order valence-electron chi connectivity index (χ2n) is 6.51. The van der Waals surface area contributed by atoms with Crippen molar-refractivity contribution in [1.29, 1.82) is 0 Å². The molecule has 3 amide bonds. The summed E-state index contributed by atoms with van der Waals surface area (Å²) in [6, 6.07) is -0.349. The maximum atomic E-state index is 12.3. The highest BCUT2D eigenvalue weighted by Crippen LogP contribution is 2.37. The number of nitrogens with zero attached hydrogens (tertiary/aromatic N) is 2. The number of carbonyl (C=O) groups is 2. The first-order chi connectivity index (χ1) is 10.8. The third-order valence-corrected chi connectivity index (χ3v) is 5.90. The Morgan fingerprint density at radius 3 is 2.43 bits per heavy atom. The summed E-state index contributed by atoms with van der Waals surface area (Å²) in [6.07, 6.45) is 4.79. The Balaban J connectivity index is 2.27. The van der Waals surface area contributed by atoms with Crippen LogP contribution in [0.15, 0.2) is 5.16 Å². The van der Waals surface area contributed by atoms with E-state index in [9.17, 15) is 9.59 Å². The molecule has 6 nitrogen and oxygen atoms in total. The Morgan fingerprint density at radius 2 is 1.91 bits per heavy atom. The molecule has 1 fully saturated rings. The number of carbonyl (C=O) groups excluding carboxylic acids is 2. The van der Waals surface area contributed by atoms with Crippen molar-refractivity contribution in [3.63, 3.8) is 0 Å². The first-order valence-corrected chi connectivity index (χ1v) is 9.01. The lowest BCUT2D eigenvalue weighted by Gasteiger charge is -2.22. The molecular weight excluding hydrogens is 312 g/mol. The number of nitrogens with two attached hydrogens (primary N) is 1. The number of nitrogens with one attached hydrogen (secondary N) is 1. The number of thioether (sulfide) groups is 1. The quantitative estimate of drug-likeness (QED) is 0.808. The molecule has 0 saturated heterocycles. The van der Waals surface area contributed by atoms with E-state index in [1.807, 2.05) is 20.8 Å². The zero-order chi connectivity index (χ0) is 17.1. The Morgan fingerprint density at radius 1 is 1.30 bits per heavy atom.